The van der Waals surface area contributed by atoms with Gasteiger partial charge in [0.2, 0.25) is 0 Å². The van der Waals surface area contributed by atoms with Crippen molar-refractivity contribution in [2.24, 2.45) is 0 Å². The number of aromatic nitrogens is 2. The molecule has 1 aliphatic heterocycles. The first-order valence-electron chi connectivity index (χ1n) is 8.94. The molecule has 6 nitrogen and oxygen atoms in total. The highest BCUT2D eigenvalue weighted by atomic mass is 19.1. The molecular formula is C20H22FN5O. The molecule has 0 radical (unpaired) electrons. The van der Waals surface area contributed by atoms with Gasteiger partial charge in [-0.05, 0) is 18.2 Å². The molecule has 1 N–H and O–H groups in total. The Bertz CT molecular complexity index is 940. The molecule has 140 valence electrons. The number of fused-ring (bicyclic) bond motifs is 1. The second-order valence-electron chi connectivity index (χ2n) is 6.88. The first-order valence-corrected chi connectivity index (χ1v) is 8.94. The SMILES string of the molecule is CN(C)c1ncccc1CN1CCc2onc(Nc3ccccc3F)c2C1. The minimum atomic E-state index is -0.312. The Morgan fingerprint density at radius 3 is 2.89 bits per heavy atom. The van der Waals surface area contributed by atoms with Crippen LogP contribution in [0, 0.1) is 5.82 Å². The third-order valence-corrected chi connectivity index (χ3v) is 4.72. The van der Waals surface area contributed by atoms with Crippen LogP contribution in [0.2, 0.25) is 0 Å². The topological polar surface area (TPSA) is 57.4 Å². The summed E-state index contributed by atoms with van der Waals surface area (Å²) in [7, 11) is 3.99. The average Bonchev–Trinajstić information content (AvgIpc) is 3.06. The Hall–Kier alpha value is -2.93. The van der Waals surface area contributed by atoms with Crippen LogP contribution in [0.25, 0.3) is 0 Å². The predicted molar refractivity (Wildman–Crippen MR) is 103 cm³/mol. The van der Waals surface area contributed by atoms with Gasteiger partial charge in [0, 0.05) is 51.9 Å². The molecule has 27 heavy (non-hydrogen) atoms. The van der Waals surface area contributed by atoms with E-state index < -0.39 is 0 Å². The zero-order chi connectivity index (χ0) is 18.8. The van der Waals surface area contributed by atoms with Crippen LogP contribution in [-0.2, 0) is 19.5 Å². The molecule has 2 aromatic heterocycles. The summed E-state index contributed by atoms with van der Waals surface area (Å²) in [6, 6.07) is 10.6. The zero-order valence-electron chi connectivity index (χ0n) is 15.4. The van der Waals surface area contributed by atoms with E-state index >= 15 is 0 Å². The zero-order valence-corrected chi connectivity index (χ0v) is 15.4. The van der Waals surface area contributed by atoms with Crippen molar-refractivity contribution in [3.8, 4) is 0 Å². The van der Waals surface area contributed by atoms with E-state index in [2.05, 4.69) is 26.4 Å². The number of benzene rings is 1. The highest BCUT2D eigenvalue weighted by Gasteiger charge is 2.25. The van der Waals surface area contributed by atoms with Gasteiger partial charge >= 0.3 is 0 Å². The maximum atomic E-state index is 14.0. The Morgan fingerprint density at radius 2 is 2.07 bits per heavy atom. The molecule has 0 amide bonds. The summed E-state index contributed by atoms with van der Waals surface area (Å²) in [5.74, 6) is 2.11. The lowest BCUT2D eigenvalue weighted by Gasteiger charge is -2.27. The van der Waals surface area contributed by atoms with E-state index in [-0.39, 0.29) is 5.82 Å². The molecule has 0 bridgehead atoms. The van der Waals surface area contributed by atoms with Crippen molar-refractivity contribution in [2.45, 2.75) is 19.5 Å². The van der Waals surface area contributed by atoms with Gasteiger partial charge in [-0.1, -0.05) is 23.4 Å². The van der Waals surface area contributed by atoms with Crippen LogP contribution in [0.4, 0.5) is 21.7 Å². The van der Waals surface area contributed by atoms with E-state index in [1.165, 1.54) is 11.6 Å². The first kappa shape index (κ1) is 17.5. The fraction of sp³-hybridized carbons (Fsp3) is 0.300. The van der Waals surface area contributed by atoms with Gasteiger partial charge in [-0.2, -0.15) is 0 Å². The highest BCUT2D eigenvalue weighted by molar-refractivity contribution is 5.60. The predicted octanol–water partition coefficient (Wildman–Crippen LogP) is 3.58. The van der Waals surface area contributed by atoms with Crippen molar-refractivity contribution in [1.29, 1.82) is 0 Å². The van der Waals surface area contributed by atoms with Gasteiger partial charge in [-0.3, -0.25) is 4.90 Å². The van der Waals surface area contributed by atoms with E-state index in [0.717, 1.165) is 36.7 Å². The number of nitrogens with zero attached hydrogens (tertiary/aromatic N) is 4. The van der Waals surface area contributed by atoms with Crippen molar-refractivity contribution in [3.63, 3.8) is 0 Å². The van der Waals surface area contributed by atoms with Crippen LogP contribution in [-0.4, -0.2) is 35.7 Å². The molecule has 7 heteroatoms. The van der Waals surface area contributed by atoms with Crippen molar-refractivity contribution >= 4 is 17.3 Å². The molecule has 0 fully saturated rings. The van der Waals surface area contributed by atoms with Gasteiger partial charge in [0.1, 0.15) is 17.4 Å². The van der Waals surface area contributed by atoms with Gasteiger partial charge in [0.15, 0.2) is 5.82 Å². The van der Waals surface area contributed by atoms with Crippen molar-refractivity contribution in [3.05, 3.63) is 65.3 Å². The van der Waals surface area contributed by atoms with Crippen molar-refractivity contribution in [1.82, 2.24) is 15.0 Å². The smallest absolute Gasteiger partial charge is 0.178 e. The normalized spacial score (nSPS) is 14.0. The number of rotatable bonds is 5. The second kappa shape index (κ2) is 7.36. The van der Waals surface area contributed by atoms with E-state index in [4.69, 9.17) is 4.52 Å². The quantitative estimate of drug-likeness (QED) is 0.744. The number of pyridine rings is 1. The molecule has 1 aliphatic rings. The lowest BCUT2D eigenvalue weighted by atomic mass is 10.1. The number of nitrogens with one attached hydrogen (secondary N) is 1. The highest BCUT2D eigenvalue weighted by Crippen LogP contribution is 2.30. The molecule has 4 rings (SSSR count). The molecule has 0 aliphatic carbocycles. The molecule has 3 heterocycles. The maximum absolute atomic E-state index is 14.0. The minimum Gasteiger partial charge on any atom is -0.362 e. The molecule has 0 saturated carbocycles. The second-order valence-corrected chi connectivity index (χ2v) is 6.88. The van der Waals surface area contributed by atoms with Crippen LogP contribution < -0.4 is 10.2 Å². The Balaban J connectivity index is 1.53. The number of hydrogen-bond acceptors (Lipinski definition) is 6. The molecule has 1 aromatic carbocycles. The third kappa shape index (κ3) is 3.64. The summed E-state index contributed by atoms with van der Waals surface area (Å²) in [4.78, 5) is 8.83. The lowest BCUT2D eigenvalue weighted by Crippen LogP contribution is -2.30. The first-order chi connectivity index (χ1) is 13.1. The number of anilines is 3. The number of hydrogen-bond donors (Lipinski definition) is 1. The summed E-state index contributed by atoms with van der Waals surface area (Å²) >= 11 is 0. The Morgan fingerprint density at radius 1 is 1.22 bits per heavy atom. The van der Waals surface area contributed by atoms with Crippen LogP contribution >= 0.6 is 0 Å². The van der Waals surface area contributed by atoms with E-state index in [1.54, 1.807) is 18.2 Å². The molecule has 0 unspecified atom stereocenters. The third-order valence-electron chi connectivity index (χ3n) is 4.72. The number of para-hydroxylation sites is 1. The summed E-state index contributed by atoms with van der Waals surface area (Å²) < 4.78 is 19.4. The van der Waals surface area contributed by atoms with Gasteiger partial charge < -0.3 is 14.7 Å². The summed E-state index contributed by atoms with van der Waals surface area (Å²) in [6.45, 7) is 2.35. The molecule has 3 aromatic rings. The Labute approximate surface area is 157 Å². The number of halogens is 1. The van der Waals surface area contributed by atoms with Crippen LogP contribution in [0.15, 0.2) is 47.1 Å². The minimum absolute atomic E-state index is 0.312. The molecule has 0 saturated heterocycles. The van der Waals surface area contributed by atoms with Crippen LogP contribution in [0.5, 0.6) is 0 Å². The molecule has 0 spiro atoms. The van der Waals surface area contributed by atoms with Gasteiger partial charge in [-0.15, -0.1) is 0 Å². The standard InChI is InChI=1S/C20H22FN5O/c1-25(2)20-14(6-5-10-22-20)12-26-11-9-18-15(13-26)19(24-27-18)23-17-8-4-3-7-16(17)21/h3-8,10H,9,11-13H2,1-2H3,(H,23,24). The van der Waals surface area contributed by atoms with Crippen molar-refractivity contribution in [2.75, 3.05) is 30.9 Å². The molecular weight excluding hydrogens is 345 g/mol. The van der Waals surface area contributed by atoms with Crippen LogP contribution in [0.1, 0.15) is 16.9 Å². The molecule has 0 atom stereocenters. The summed E-state index contributed by atoms with van der Waals surface area (Å²) in [5.41, 5.74) is 2.55. The van der Waals surface area contributed by atoms with E-state index in [1.807, 2.05) is 31.3 Å². The average molecular weight is 367 g/mol. The van der Waals surface area contributed by atoms with Crippen LogP contribution in [0.3, 0.4) is 0 Å². The van der Waals surface area contributed by atoms with E-state index in [0.29, 0.717) is 18.1 Å². The summed E-state index contributed by atoms with van der Waals surface area (Å²) in [5, 5.41) is 7.19. The van der Waals surface area contributed by atoms with Gasteiger partial charge in [-0.25, -0.2) is 9.37 Å². The monoisotopic (exact) mass is 367 g/mol. The summed E-state index contributed by atoms with van der Waals surface area (Å²) in [6.07, 6.45) is 2.59. The van der Waals surface area contributed by atoms with E-state index in [9.17, 15) is 4.39 Å². The lowest BCUT2D eigenvalue weighted by molar-refractivity contribution is 0.228. The van der Waals surface area contributed by atoms with Crippen molar-refractivity contribution < 1.29 is 8.91 Å². The fourth-order valence-corrected chi connectivity index (χ4v) is 3.39. The largest absolute Gasteiger partial charge is 0.362 e. The van der Waals surface area contributed by atoms with Gasteiger partial charge in [0.05, 0.1) is 11.3 Å². The maximum Gasteiger partial charge on any atom is 0.178 e. The fourth-order valence-electron chi connectivity index (χ4n) is 3.39. The van der Waals surface area contributed by atoms with Gasteiger partial charge in [0.25, 0.3) is 0 Å². The Kier molecular flexibility index (Phi) is 4.77.